The molecule has 122 valence electrons. The van der Waals surface area contributed by atoms with Crippen LogP contribution < -0.4 is 4.74 Å². The Hall–Kier alpha value is -2.37. The van der Waals surface area contributed by atoms with Crippen LogP contribution in [0, 0.1) is 0 Å². The van der Waals surface area contributed by atoms with Gasteiger partial charge in [-0.05, 0) is 30.3 Å². The molecule has 0 atom stereocenters. The van der Waals surface area contributed by atoms with E-state index in [9.17, 15) is 14.4 Å². The molecule has 2 amide bonds. The first-order valence-corrected chi connectivity index (χ1v) is 7.84. The van der Waals surface area contributed by atoms with Crippen molar-refractivity contribution in [2.24, 2.45) is 0 Å². The predicted octanol–water partition coefficient (Wildman–Crippen LogP) is 3.59. The second-order valence-electron chi connectivity index (χ2n) is 5.11. The number of hydrogen-bond acceptors (Lipinski definition) is 4. The number of nitrogens with zero attached hydrogens (tertiary/aromatic N) is 1. The molecule has 1 aliphatic rings. The van der Waals surface area contributed by atoms with Crippen molar-refractivity contribution in [3.8, 4) is 5.75 Å². The minimum Gasteiger partial charge on any atom is -0.425 e. The normalized spacial score (nSPS) is 13.2. The highest BCUT2D eigenvalue weighted by Crippen LogP contribution is 2.28. The van der Waals surface area contributed by atoms with E-state index in [4.69, 9.17) is 27.9 Å². The van der Waals surface area contributed by atoms with Gasteiger partial charge < -0.3 is 4.74 Å². The minimum absolute atomic E-state index is 0.0591. The molecule has 24 heavy (non-hydrogen) atoms. The minimum atomic E-state index is -0.601. The van der Waals surface area contributed by atoms with Gasteiger partial charge in [-0.2, -0.15) is 0 Å². The number of carbonyl (C=O) groups is 3. The van der Waals surface area contributed by atoms with Crippen molar-refractivity contribution in [1.82, 2.24) is 4.90 Å². The zero-order valence-electron chi connectivity index (χ0n) is 12.3. The number of hydrogen-bond donors (Lipinski definition) is 0. The van der Waals surface area contributed by atoms with Crippen LogP contribution in [0.2, 0.25) is 10.0 Å². The third-order valence-electron chi connectivity index (χ3n) is 3.54. The van der Waals surface area contributed by atoms with Crippen molar-refractivity contribution in [1.29, 1.82) is 0 Å². The van der Waals surface area contributed by atoms with Gasteiger partial charge in [-0.3, -0.25) is 19.3 Å². The Morgan fingerprint density at radius 1 is 1.00 bits per heavy atom. The van der Waals surface area contributed by atoms with Crippen LogP contribution in [0.25, 0.3) is 0 Å². The highest BCUT2D eigenvalue weighted by atomic mass is 35.5. The molecule has 3 rings (SSSR count). The monoisotopic (exact) mass is 363 g/mol. The third kappa shape index (κ3) is 3.13. The molecule has 0 fully saturated rings. The van der Waals surface area contributed by atoms with E-state index in [1.54, 1.807) is 30.3 Å². The van der Waals surface area contributed by atoms with E-state index in [0.29, 0.717) is 16.1 Å². The molecule has 1 aliphatic heterocycles. The Labute approximate surface area is 147 Å². The average Bonchev–Trinajstić information content (AvgIpc) is 2.80. The number of fused-ring (bicyclic) bond motifs is 1. The molecule has 0 radical (unpaired) electrons. The Morgan fingerprint density at radius 3 is 2.21 bits per heavy atom. The summed E-state index contributed by atoms with van der Waals surface area (Å²) in [5.74, 6) is -1.25. The summed E-state index contributed by atoms with van der Waals surface area (Å²) < 4.78 is 5.13. The number of benzene rings is 2. The summed E-state index contributed by atoms with van der Waals surface area (Å²) in [6, 6.07) is 11.0. The second-order valence-corrected chi connectivity index (χ2v) is 5.95. The maximum atomic E-state index is 12.2. The van der Waals surface area contributed by atoms with Crippen LogP contribution in [0.15, 0.2) is 42.5 Å². The van der Waals surface area contributed by atoms with Crippen LogP contribution in [0.5, 0.6) is 5.75 Å². The predicted molar refractivity (Wildman–Crippen MR) is 88.5 cm³/mol. The van der Waals surface area contributed by atoms with E-state index < -0.39 is 17.8 Å². The van der Waals surface area contributed by atoms with Crippen LogP contribution in [-0.2, 0) is 4.79 Å². The summed E-state index contributed by atoms with van der Waals surface area (Å²) in [6.07, 6.45) is -0.135. The molecule has 0 saturated heterocycles. The maximum absolute atomic E-state index is 12.2. The van der Waals surface area contributed by atoms with Gasteiger partial charge in [0, 0.05) is 11.6 Å². The van der Waals surface area contributed by atoms with Crippen LogP contribution in [0.3, 0.4) is 0 Å². The van der Waals surface area contributed by atoms with E-state index in [2.05, 4.69) is 0 Å². The van der Waals surface area contributed by atoms with Crippen molar-refractivity contribution in [2.45, 2.75) is 6.42 Å². The molecule has 2 aromatic carbocycles. The summed E-state index contributed by atoms with van der Waals surface area (Å²) in [5.41, 5.74) is 0.688. The molecule has 2 aromatic rings. The third-order valence-corrected chi connectivity index (χ3v) is 4.07. The lowest BCUT2D eigenvalue weighted by Crippen LogP contribution is -2.32. The number of rotatable bonds is 4. The Balaban J connectivity index is 1.63. The Bertz CT molecular complexity index is 815. The summed E-state index contributed by atoms with van der Waals surface area (Å²) in [4.78, 5) is 37.3. The SMILES string of the molecule is O=C(CCN1C(=O)c2ccccc2C1=O)Oc1ccc(Cl)cc1Cl. The van der Waals surface area contributed by atoms with Gasteiger partial charge in [-0.15, -0.1) is 0 Å². The highest BCUT2D eigenvalue weighted by Gasteiger charge is 2.35. The van der Waals surface area contributed by atoms with Crippen molar-refractivity contribution in [3.05, 3.63) is 63.6 Å². The second kappa shape index (κ2) is 6.63. The molecule has 0 saturated carbocycles. The standard InChI is InChI=1S/C17H11Cl2NO4/c18-10-5-6-14(13(19)9-10)24-15(21)7-8-20-16(22)11-3-1-2-4-12(11)17(20)23/h1-6,9H,7-8H2. The highest BCUT2D eigenvalue weighted by molar-refractivity contribution is 6.35. The zero-order valence-corrected chi connectivity index (χ0v) is 13.8. The molecular formula is C17H11Cl2NO4. The smallest absolute Gasteiger partial charge is 0.313 e. The van der Waals surface area contributed by atoms with Crippen LogP contribution in [0.1, 0.15) is 27.1 Å². The summed E-state index contributed by atoms with van der Waals surface area (Å²) in [7, 11) is 0. The largest absolute Gasteiger partial charge is 0.425 e. The number of amides is 2. The van der Waals surface area contributed by atoms with Gasteiger partial charge in [-0.25, -0.2) is 0 Å². The van der Waals surface area contributed by atoms with Crippen molar-refractivity contribution in [3.63, 3.8) is 0 Å². The lowest BCUT2D eigenvalue weighted by Gasteiger charge is -2.13. The van der Waals surface area contributed by atoms with Crippen LogP contribution >= 0.6 is 23.2 Å². The average molecular weight is 364 g/mol. The Kier molecular flexibility index (Phi) is 4.55. The fourth-order valence-electron chi connectivity index (χ4n) is 2.38. The molecule has 0 spiro atoms. The van der Waals surface area contributed by atoms with E-state index in [1.165, 1.54) is 12.1 Å². The van der Waals surface area contributed by atoms with Gasteiger partial charge in [0.15, 0.2) is 0 Å². The first-order valence-electron chi connectivity index (χ1n) is 7.08. The van der Waals surface area contributed by atoms with Crippen LogP contribution in [0.4, 0.5) is 0 Å². The molecule has 0 aliphatic carbocycles. The van der Waals surface area contributed by atoms with E-state index in [1.807, 2.05) is 0 Å². The van der Waals surface area contributed by atoms with Crippen molar-refractivity contribution < 1.29 is 19.1 Å². The molecule has 1 heterocycles. The van der Waals surface area contributed by atoms with Gasteiger partial charge in [0.2, 0.25) is 0 Å². The fourth-order valence-corrected chi connectivity index (χ4v) is 2.82. The summed E-state index contributed by atoms with van der Waals surface area (Å²) >= 11 is 11.7. The summed E-state index contributed by atoms with van der Waals surface area (Å²) in [5, 5.41) is 0.627. The molecule has 0 bridgehead atoms. The molecular weight excluding hydrogens is 353 g/mol. The van der Waals surface area contributed by atoms with Gasteiger partial charge in [0.1, 0.15) is 5.75 Å². The Morgan fingerprint density at radius 2 is 1.62 bits per heavy atom. The fraction of sp³-hybridized carbons (Fsp3) is 0.118. The lowest BCUT2D eigenvalue weighted by atomic mass is 10.1. The quantitative estimate of drug-likeness (QED) is 0.473. The zero-order chi connectivity index (χ0) is 17.3. The van der Waals surface area contributed by atoms with Gasteiger partial charge >= 0.3 is 5.97 Å². The number of halogens is 2. The van der Waals surface area contributed by atoms with Gasteiger partial charge in [0.05, 0.1) is 22.6 Å². The topological polar surface area (TPSA) is 63.7 Å². The molecule has 0 N–H and O–H groups in total. The number of carbonyl (C=O) groups excluding carboxylic acids is 3. The molecule has 7 heteroatoms. The molecule has 0 unspecified atom stereocenters. The maximum Gasteiger partial charge on any atom is 0.313 e. The van der Waals surface area contributed by atoms with Crippen molar-refractivity contribution >= 4 is 41.0 Å². The first kappa shape index (κ1) is 16.5. The van der Waals surface area contributed by atoms with E-state index in [0.717, 1.165) is 4.90 Å². The van der Waals surface area contributed by atoms with E-state index in [-0.39, 0.29) is 23.7 Å². The van der Waals surface area contributed by atoms with Gasteiger partial charge in [-0.1, -0.05) is 35.3 Å². The van der Waals surface area contributed by atoms with Gasteiger partial charge in [0.25, 0.3) is 11.8 Å². The van der Waals surface area contributed by atoms with Crippen molar-refractivity contribution in [2.75, 3.05) is 6.54 Å². The first-order chi connectivity index (χ1) is 11.5. The summed E-state index contributed by atoms with van der Waals surface area (Å²) in [6.45, 7) is -0.0591. The number of imide groups is 1. The lowest BCUT2D eigenvalue weighted by molar-refractivity contribution is -0.134. The van der Waals surface area contributed by atoms with E-state index >= 15 is 0 Å². The number of esters is 1. The molecule has 5 nitrogen and oxygen atoms in total. The molecule has 0 aromatic heterocycles. The number of ether oxygens (including phenoxy) is 1. The van der Waals surface area contributed by atoms with Crippen LogP contribution in [-0.4, -0.2) is 29.2 Å².